The minimum absolute atomic E-state index is 0.173. The Morgan fingerprint density at radius 1 is 0.885 bits per heavy atom. The highest BCUT2D eigenvalue weighted by Crippen LogP contribution is 2.34. The maximum atomic E-state index is 12.7. The second kappa shape index (κ2) is 8.11. The van der Waals surface area contributed by atoms with Gasteiger partial charge >= 0.3 is 6.18 Å². The summed E-state index contributed by atoms with van der Waals surface area (Å²) in [6.07, 6.45) is -4.40. The number of nitrogens with one attached hydrogen (secondary N) is 1. The predicted molar refractivity (Wildman–Crippen MR) is 89.5 cm³/mol. The van der Waals surface area contributed by atoms with E-state index in [0.29, 0.717) is 15.5 Å². The van der Waals surface area contributed by atoms with Gasteiger partial charge in [-0.2, -0.15) is 29.0 Å². The van der Waals surface area contributed by atoms with E-state index in [2.05, 4.69) is 5.32 Å². The molecule has 8 heteroatoms. The molecule has 2 aromatic rings. The van der Waals surface area contributed by atoms with Crippen molar-refractivity contribution in [3.63, 3.8) is 0 Å². The van der Waals surface area contributed by atoms with Crippen LogP contribution in [0.5, 0.6) is 0 Å². The van der Waals surface area contributed by atoms with Gasteiger partial charge in [-0.05, 0) is 42.5 Å². The van der Waals surface area contributed by atoms with Gasteiger partial charge in [0.25, 0.3) is 0 Å². The van der Waals surface area contributed by atoms with E-state index in [1.54, 1.807) is 48.5 Å². The number of halogens is 3. The fourth-order valence-corrected chi connectivity index (χ4v) is 2.78. The number of rotatable bonds is 4. The summed E-state index contributed by atoms with van der Waals surface area (Å²) in [5, 5.41) is 29.2. The van der Waals surface area contributed by atoms with Gasteiger partial charge in [-0.25, -0.2) is 0 Å². The normalized spacial score (nSPS) is 10.2. The van der Waals surface area contributed by atoms with Gasteiger partial charge in [-0.1, -0.05) is 17.8 Å². The molecule has 0 heterocycles. The maximum Gasteiger partial charge on any atom is 0.416 e. The fraction of sp³-hybridized carbons (Fsp3) is 0.0556. The van der Waals surface area contributed by atoms with Gasteiger partial charge in [0.1, 0.15) is 23.9 Å². The van der Waals surface area contributed by atoms with E-state index in [4.69, 9.17) is 15.8 Å². The molecule has 0 atom stereocenters. The first-order chi connectivity index (χ1) is 12.4. The molecule has 0 saturated heterocycles. The van der Waals surface area contributed by atoms with Crippen LogP contribution in [0.2, 0.25) is 0 Å². The number of hydrogen-bond donors (Lipinski definition) is 1. The van der Waals surface area contributed by atoms with Crippen LogP contribution < -0.4 is 5.32 Å². The standard InChI is InChI=1S/C18H9F3N4S/c19-18(20,21)13-2-1-3-16(8-13)26-15-6-4-14(5-7-15)25-17(11-24)12(9-22)10-23/h1-8,25H. The number of benzene rings is 2. The molecule has 0 aromatic heterocycles. The molecule has 0 saturated carbocycles. The Kier molecular flexibility index (Phi) is 5.90. The molecular formula is C18H9F3N4S. The van der Waals surface area contributed by atoms with Crippen LogP contribution in [0.1, 0.15) is 5.56 Å². The SMILES string of the molecule is N#CC(C#N)=C(C#N)Nc1ccc(Sc2cccc(C(F)(F)F)c2)cc1. The third-order valence-electron chi connectivity index (χ3n) is 3.11. The highest BCUT2D eigenvalue weighted by atomic mass is 32.2. The Morgan fingerprint density at radius 2 is 1.54 bits per heavy atom. The van der Waals surface area contributed by atoms with Gasteiger partial charge in [0, 0.05) is 15.5 Å². The number of hydrogen-bond acceptors (Lipinski definition) is 5. The minimum Gasteiger partial charge on any atom is -0.345 e. The molecular weight excluding hydrogens is 361 g/mol. The van der Waals surface area contributed by atoms with E-state index in [0.717, 1.165) is 23.9 Å². The number of anilines is 1. The van der Waals surface area contributed by atoms with Crippen molar-refractivity contribution >= 4 is 17.4 Å². The van der Waals surface area contributed by atoms with Crippen LogP contribution in [0.4, 0.5) is 18.9 Å². The molecule has 26 heavy (non-hydrogen) atoms. The first kappa shape index (κ1) is 18.9. The molecule has 128 valence electrons. The Bertz CT molecular complexity index is 942. The monoisotopic (exact) mass is 370 g/mol. The van der Waals surface area contributed by atoms with Crippen molar-refractivity contribution in [3.05, 3.63) is 65.4 Å². The van der Waals surface area contributed by atoms with Gasteiger partial charge in [-0.3, -0.25) is 0 Å². The van der Waals surface area contributed by atoms with Crippen molar-refractivity contribution in [1.82, 2.24) is 0 Å². The van der Waals surface area contributed by atoms with Crippen LogP contribution in [0.3, 0.4) is 0 Å². The van der Waals surface area contributed by atoms with Gasteiger partial charge in [0.15, 0.2) is 5.57 Å². The molecule has 2 rings (SSSR count). The Labute approximate surface area is 151 Å². The summed E-state index contributed by atoms with van der Waals surface area (Å²) in [6, 6.07) is 16.5. The smallest absolute Gasteiger partial charge is 0.345 e. The molecule has 0 unspecified atom stereocenters. The van der Waals surface area contributed by atoms with Crippen molar-refractivity contribution < 1.29 is 13.2 Å². The van der Waals surface area contributed by atoms with Crippen molar-refractivity contribution in [1.29, 1.82) is 15.8 Å². The van der Waals surface area contributed by atoms with Crippen LogP contribution >= 0.6 is 11.8 Å². The summed E-state index contributed by atoms with van der Waals surface area (Å²) in [7, 11) is 0. The molecule has 0 radical (unpaired) electrons. The first-order valence-corrected chi connectivity index (χ1v) is 7.86. The van der Waals surface area contributed by atoms with E-state index < -0.39 is 11.7 Å². The average Bonchev–Trinajstić information content (AvgIpc) is 2.63. The summed E-state index contributed by atoms with van der Waals surface area (Å²) in [6.45, 7) is 0. The predicted octanol–water partition coefficient (Wildman–Crippen LogP) is 5.09. The lowest BCUT2D eigenvalue weighted by atomic mass is 10.2. The first-order valence-electron chi connectivity index (χ1n) is 7.04. The fourth-order valence-electron chi connectivity index (χ4n) is 1.91. The Balaban J connectivity index is 2.17. The van der Waals surface area contributed by atoms with E-state index >= 15 is 0 Å². The molecule has 0 spiro atoms. The molecule has 2 aromatic carbocycles. The Hall–Kier alpha value is -3.41. The van der Waals surface area contributed by atoms with Crippen molar-refractivity contribution in [2.24, 2.45) is 0 Å². The summed E-state index contributed by atoms with van der Waals surface area (Å²) in [5.41, 5.74) is -0.758. The topological polar surface area (TPSA) is 83.4 Å². The maximum absolute atomic E-state index is 12.7. The number of allylic oxidation sites excluding steroid dienone is 2. The highest BCUT2D eigenvalue weighted by molar-refractivity contribution is 7.99. The van der Waals surface area contributed by atoms with Crippen LogP contribution in [-0.4, -0.2) is 0 Å². The van der Waals surface area contributed by atoms with Crippen LogP contribution in [0, 0.1) is 34.0 Å². The quantitative estimate of drug-likeness (QED) is 0.758. The zero-order chi connectivity index (χ0) is 19.2. The molecule has 0 bridgehead atoms. The average molecular weight is 370 g/mol. The van der Waals surface area contributed by atoms with Gasteiger partial charge in [0.2, 0.25) is 0 Å². The lowest BCUT2D eigenvalue weighted by Gasteiger charge is -2.09. The summed E-state index contributed by atoms with van der Waals surface area (Å²) < 4.78 is 38.2. The third-order valence-corrected chi connectivity index (χ3v) is 4.10. The summed E-state index contributed by atoms with van der Waals surface area (Å²) in [5.74, 6) is 0. The molecule has 0 aliphatic heterocycles. The second-order valence-corrected chi connectivity index (χ2v) is 6.01. The number of nitrogens with zero attached hydrogens (tertiary/aromatic N) is 3. The van der Waals surface area contributed by atoms with E-state index in [1.807, 2.05) is 0 Å². The molecule has 1 N–H and O–H groups in total. The zero-order valence-corrected chi connectivity index (χ0v) is 13.8. The van der Waals surface area contributed by atoms with E-state index in [-0.39, 0.29) is 11.3 Å². The van der Waals surface area contributed by atoms with Gasteiger partial charge in [-0.15, -0.1) is 0 Å². The molecule has 4 nitrogen and oxygen atoms in total. The van der Waals surface area contributed by atoms with E-state index in [9.17, 15) is 13.2 Å². The van der Waals surface area contributed by atoms with Crippen molar-refractivity contribution in [2.45, 2.75) is 16.0 Å². The lowest BCUT2D eigenvalue weighted by molar-refractivity contribution is -0.137. The molecule has 0 aliphatic carbocycles. The zero-order valence-electron chi connectivity index (χ0n) is 13.0. The number of alkyl halides is 3. The highest BCUT2D eigenvalue weighted by Gasteiger charge is 2.30. The molecule has 0 fully saturated rings. The van der Waals surface area contributed by atoms with Crippen LogP contribution in [-0.2, 0) is 6.18 Å². The van der Waals surface area contributed by atoms with Crippen LogP contribution in [0.15, 0.2) is 69.6 Å². The van der Waals surface area contributed by atoms with E-state index in [1.165, 1.54) is 6.07 Å². The molecule has 0 amide bonds. The lowest BCUT2D eigenvalue weighted by Crippen LogP contribution is -2.04. The largest absolute Gasteiger partial charge is 0.416 e. The van der Waals surface area contributed by atoms with Gasteiger partial charge < -0.3 is 5.32 Å². The summed E-state index contributed by atoms with van der Waals surface area (Å²) >= 11 is 1.16. The second-order valence-electron chi connectivity index (χ2n) is 4.86. The summed E-state index contributed by atoms with van der Waals surface area (Å²) in [4.78, 5) is 1.13. The van der Waals surface area contributed by atoms with Crippen molar-refractivity contribution in [3.8, 4) is 18.2 Å². The minimum atomic E-state index is -4.40. The molecule has 0 aliphatic rings. The third kappa shape index (κ3) is 4.80. The Morgan fingerprint density at radius 3 is 2.08 bits per heavy atom. The van der Waals surface area contributed by atoms with Crippen LogP contribution in [0.25, 0.3) is 0 Å². The van der Waals surface area contributed by atoms with Crippen molar-refractivity contribution in [2.75, 3.05) is 5.32 Å². The number of nitriles is 3. The van der Waals surface area contributed by atoms with Gasteiger partial charge in [0.05, 0.1) is 5.56 Å².